The number of anilines is 1. The molecule has 2 rings (SSSR count). The number of rotatable bonds is 15. The van der Waals surface area contributed by atoms with Gasteiger partial charge in [-0.05, 0) is 74.8 Å². The Morgan fingerprint density at radius 1 is 0.933 bits per heavy atom. The van der Waals surface area contributed by atoms with E-state index in [9.17, 15) is 27.6 Å². The summed E-state index contributed by atoms with van der Waals surface area (Å²) in [7, 11) is 0. The SMILES string of the molecule is CCOc1ccc(NC(=O)[C@H](Cc2ccc(C(F)(F)F)cc2)NC(=O)[C@](N)(CCN)C(CCN)NC=O)cc1.Cl.Cl.Cl.Cl.Cl.N. The Morgan fingerprint density at radius 2 is 1.49 bits per heavy atom. The minimum Gasteiger partial charge on any atom is -0.494 e. The highest BCUT2D eigenvalue weighted by molar-refractivity contribution is 5.99. The third kappa shape index (κ3) is 15.7. The Hall–Kier alpha value is -2.27. The zero-order chi connectivity index (χ0) is 29.1. The maximum atomic E-state index is 13.5. The Kier molecular flexibility index (Phi) is 28.9. The first-order valence-electron chi connectivity index (χ1n) is 12.4. The van der Waals surface area contributed by atoms with Gasteiger partial charge in [0.1, 0.15) is 17.3 Å². The smallest absolute Gasteiger partial charge is 0.416 e. The highest BCUT2D eigenvalue weighted by Crippen LogP contribution is 2.29. The quantitative estimate of drug-likeness (QED) is 0.134. The number of benzene rings is 2. The first-order chi connectivity index (χ1) is 18.5. The van der Waals surface area contributed by atoms with E-state index < -0.39 is 41.2 Å². The van der Waals surface area contributed by atoms with Gasteiger partial charge in [-0.3, -0.25) is 14.4 Å². The van der Waals surface area contributed by atoms with Crippen molar-refractivity contribution in [3.8, 4) is 5.75 Å². The van der Waals surface area contributed by atoms with Gasteiger partial charge in [0.2, 0.25) is 18.2 Å². The van der Waals surface area contributed by atoms with Gasteiger partial charge in [-0.1, -0.05) is 12.1 Å². The lowest BCUT2D eigenvalue weighted by atomic mass is 9.84. The van der Waals surface area contributed by atoms with Crippen molar-refractivity contribution in [3.05, 3.63) is 59.7 Å². The van der Waals surface area contributed by atoms with Crippen LogP contribution in [0.15, 0.2) is 48.5 Å². The van der Waals surface area contributed by atoms with Crippen LogP contribution in [0.4, 0.5) is 18.9 Å². The van der Waals surface area contributed by atoms with Crippen LogP contribution < -0.4 is 44.0 Å². The topological polar surface area (TPSA) is 210 Å². The lowest BCUT2D eigenvalue weighted by molar-refractivity contribution is -0.137. The highest BCUT2D eigenvalue weighted by Gasteiger charge is 2.42. The van der Waals surface area contributed by atoms with Crippen LogP contribution in [0.25, 0.3) is 0 Å². The van der Waals surface area contributed by atoms with Crippen LogP contribution in [0.3, 0.4) is 0 Å². The number of hydrogen-bond donors (Lipinski definition) is 7. The van der Waals surface area contributed by atoms with Crippen molar-refractivity contribution in [1.82, 2.24) is 16.8 Å². The molecule has 3 amide bonds. The second kappa shape index (κ2) is 24.9. The fourth-order valence-corrected chi connectivity index (χ4v) is 4.02. The lowest BCUT2D eigenvalue weighted by Gasteiger charge is -2.36. The van der Waals surface area contributed by atoms with Crippen molar-refractivity contribution in [2.75, 3.05) is 25.0 Å². The molecule has 0 bridgehead atoms. The van der Waals surface area contributed by atoms with E-state index in [0.29, 0.717) is 30.0 Å². The molecule has 45 heavy (non-hydrogen) atoms. The lowest BCUT2D eigenvalue weighted by Crippen LogP contribution is -2.68. The molecule has 2 aromatic carbocycles. The summed E-state index contributed by atoms with van der Waals surface area (Å²) in [5, 5.41) is 7.80. The van der Waals surface area contributed by atoms with E-state index in [1.54, 1.807) is 24.3 Å². The number of ether oxygens (including phenoxy) is 1. The number of halogens is 8. The number of amides is 3. The largest absolute Gasteiger partial charge is 0.494 e. The molecule has 0 heterocycles. The molecule has 0 spiro atoms. The molecule has 262 valence electrons. The summed E-state index contributed by atoms with van der Waals surface area (Å²) < 4.78 is 44.4. The van der Waals surface area contributed by atoms with Crippen LogP contribution in [0.2, 0.25) is 0 Å². The molecular weight excluding hydrogens is 709 g/mol. The number of nitrogens with one attached hydrogen (secondary N) is 3. The van der Waals surface area contributed by atoms with E-state index in [1.807, 2.05) is 6.92 Å². The van der Waals surface area contributed by atoms with Gasteiger partial charge in [-0.2, -0.15) is 13.2 Å². The van der Waals surface area contributed by atoms with Gasteiger partial charge >= 0.3 is 6.18 Å². The van der Waals surface area contributed by atoms with E-state index in [-0.39, 0.29) is 101 Å². The van der Waals surface area contributed by atoms with Crippen molar-refractivity contribution in [3.63, 3.8) is 0 Å². The Bertz CT molecular complexity index is 1110. The van der Waals surface area contributed by atoms with Gasteiger partial charge in [0.05, 0.1) is 18.2 Å². The fourth-order valence-electron chi connectivity index (χ4n) is 4.02. The summed E-state index contributed by atoms with van der Waals surface area (Å²) in [6, 6.07) is 8.63. The number of hydrogen-bond acceptors (Lipinski definition) is 8. The Labute approximate surface area is 291 Å². The minimum absolute atomic E-state index is 0. The zero-order valence-corrected chi connectivity index (χ0v) is 28.4. The van der Waals surface area contributed by atoms with Crippen LogP contribution in [-0.4, -0.2) is 55.5 Å². The molecule has 0 aliphatic rings. The van der Waals surface area contributed by atoms with Crippen molar-refractivity contribution in [2.45, 2.75) is 50.0 Å². The first-order valence-corrected chi connectivity index (χ1v) is 12.4. The molecule has 11 nitrogen and oxygen atoms in total. The van der Waals surface area contributed by atoms with E-state index in [2.05, 4.69) is 16.0 Å². The fraction of sp³-hybridized carbons (Fsp3) is 0.423. The average Bonchev–Trinajstić information content (AvgIpc) is 2.89. The molecule has 0 aliphatic heterocycles. The van der Waals surface area contributed by atoms with E-state index in [0.717, 1.165) is 12.1 Å². The van der Waals surface area contributed by atoms with Crippen molar-refractivity contribution < 1.29 is 32.3 Å². The molecule has 19 heteroatoms. The Morgan fingerprint density at radius 3 is 1.93 bits per heavy atom. The number of carbonyl (C=O) groups excluding carboxylic acids is 3. The van der Waals surface area contributed by atoms with Gasteiger partial charge in [0, 0.05) is 12.1 Å². The van der Waals surface area contributed by atoms with E-state index in [1.165, 1.54) is 12.1 Å². The molecule has 0 radical (unpaired) electrons. The molecule has 0 aliphatic carbocycles. The van der Waals surface area contributed by atoms with Crippen molar-refractivity contribution in [2.24, 2.45) is 17.2 Å². The number of nitrogens with two attached hydrogens (primary N) is 3. The second-order valence-electron chi connectivity index (χ2n) is 8.86. The summed E-state index contributed by atoms with van der Waals surface area (Å²) in [6.07, 6.45) is -4.16. The molecule has 0 saturated heterocycles. The number of alkyl halides is 3. The normalized spacial score (nSPS) is 12.5. The van der Waals surface area contributed by atoms with Crippen LogP contribution in [0.1, 0.15) is 30.9 Å². The molecule has 3 atom stereocenters. The zero-order valence-electron chi connectivity index (χ0n) is 24.3. The molecule has 1 unspecified atom stereocenters. The summed E-state index contributed by atoms with van der Waals surface area (Å²) in [4.78, 5) is 38.0. The van der Waals surface area contributed by atoms with Crippen LogP contribution in [0, 0.1) is 0 Å². The number of carbonyl (C=O) groups is 3. The summed E-state index contributed by atoms with van der Waals surface area (Å²) in [5.74, 6) is -0.825. The molecule has 2 aromatic rings. The predicted octanol–water partition coefficient (Wildman–Crippen LogP) is 3.55. The monoisotopic (exact) mass is 749 g/mol. The van der Waals surface area contributed by atoms with Crippen LogP contribution >= 0.6 is 62.0 Å². The standard InChI is InChI=1S/C26H35F3N6O4.5ClH.H3N/c1-2-39-20-9-7-19(8-10-20)34-23(37)21(15-17-3-5-18(6-4-17)26(27,28)29)35-24(38)25(32,12-14-31)22(11-13-30)33-16-36;;;;;;/h3-10,16,21-22H,2,11-15,30-32H2,1H3,(H,33,36)(H,34,37)(H,35,38);5*1H;1H3/t21-,22?,25-;;;;;;/m0....../s1. The molecule has 0 fully saturated rings. The first kappa shape index (κ1) is 52.3. The van der Waals surface area contributed by atoms with E-state index in [4.69, 9.17) is 21.9 Å². The molecule has 12 N–H and O–H groups in total. The van der Waals surface area contributed by atoms with Gasteiger partial charge in [0.25, 0.3) is 0 Å². The third-order valence-corrected chi connectivity index (χ3v) is 6.10. The van der Waals surface area contributed by atoms with Crippen LogP contribution in [0.5, 0.6) is 5.75 Å². The van der Waals surface area contributed by atoms with E-state index >= 15 is 0 Å². The van der Waals surface area contributed by atoms with Gasteiger partial charge in [-0.25, -0.2) is 0 Å². The van der Waals surface area contributed by atoms with Gasteiger partial charge in [-0.15, -0.1) is 62.0 Å². The molecule has 0 saturated carbocycles. The Balaban J connectivity index is -0.000000889. The predicted molar refractivity (Wildman–Crippen MR) is 182 cm³/mol. The molecule has 0 aromatic heterocycles. The van der Waals surface area contributed by atoms with Gasteiger partial charge in [0.15, 0.2) is 0 Å². The van der Waals surface area contributed by atoms with Crippen molar-refractivity contribution in [1.29, 1.82) is 0 Å². The third-order valence-electron chi connectivity index (χ3n) is 6.10. The molecular formula is C26H43Cl5F3N7O4. The van der Waals surface area contributed by atoms with Crippen molar-refractivity contribution >= 4 is 85.9 Å². The average molecular weight is 752 g/mol. The summed E-state index contributed by atoms with van der Waals surface area (Å²) in [5.41, 5.74) is 16.0. The minimum atomic E-state index is -4.53. The second-order valence-corrected chi connectivity index (χ2v) is 8.86. The van der Waals surface area contributed by atoms with Gasteiger partial charge < -0.3 is 44.0 Å². The maximum Gasteiger partial charge on any atom is 0.416 e. The highest BCUT2D eigenvalue weighted by atomic mass is 35.5. The maximum absolute atomic E-state index is 13.5. The van der Waals surface area contributed by atoms with Crippen LogP contribution in [-0.2, 0) is 27.0 Å². The summed E-state index contributed by atoms with van der Waals surface area (Å²) in [6.45, 7) is 2.39. The summed E-state index contributed by atoms with van der Waals surface area (Å²) >= 11 is 0.